The zero-order valence-electron chi connectivity index (χ0n) is 28.2. The zero-order valence-corrected chi connectivity index (χ0v) is 30.3. The predicted molar refractivity (Wildman–Crippen MR) is 199 cm³/mol. The minimum absolute atomic E-state index is 0. The minimum Gasteiger partial charge on any atom is -0.656 e. The predicted octanol–water partition coefficient (Wildman–Crippen LogP) is 11.8. The van der Waals surface area contributed by atoms with E-state index in [9.17, 15) is 0 Å². The van der Waals surface area contributed by atoms with Gasteiger partial charge in [0.15, 0.2) is 0 Å². The van der Waals surface area contributed by atoms with E-state index in [2.05, 4.69) is 169 Å². The molecule has 8 rings (SSSR count). The third kappa shape index (κ3) is 5.69. The molecule has 0 aliphatic carbocycles. The summed E-state index contributed by atoms with van der Waals surface area (Å²) in [7, 11) is 0. The monoisotopic (exact) mass is 802 g/mol. The Hall–Kier alpha value is -4.47. The van der Waals surface area contributed by atoms with E-state index in [0.717, 1.165) is 66.0 Å². The Labute approximate surface area is 298 Å². The minimum atomic E-state index is 0. The van der Waals surface area contributed by atoms with E-state index in [1.54, 1.807) is 0 Å². The van der Waals surface area contributed by atoms with Crippen molar-refractivity contribution in [1.29, 1.82) is 0 Å². The van der Waals surface area contributed by atoms with Crippen LogP contribution in [0.25, 0.3) is 77.0 Å². The molecule has 0 fully saturated rings. The van der Waals surface area contributed by atoms with Crippen LogP contribution in [0.1, 0.15) is 52.7 Å². The van der Waals surface area contributed by atoms with Gasteiger partial charge in [0.2, 0.25) is 0 Å². The van der Waals surface area contributed by atoms with E-state index < -0.39 is 0 Å². The first-order valence-electron chi connectivity index (χ1n) is 16.4. The summed E-state index contributed by atoms with van der Waals surface area (Å²) in [5.74, 6) is 0. The maximum atomic E-state index is 5.37. The zero-order chi connectivity index (χ0) is 32.5. The number of benzene rings is 6. The van der Waals surface area contributed by atoms with Crippen LogP contribution in [-0.2, 0) is 33.2 Å². The molecule has 3 heteroatoms. The van der Waals surface area contributed by atoms with Gasteiger partial charge in [0.1, 0.15) is 0 Å². The normalized spacial score (nSPS) is 12.2. The summed E-state index contributed by atoms with van der Waals surface area (Å²) in [6.07, 6.45) is 0. The number of nitrogens with zero attached hydrogens (tertiary/aromatic N) is 2. The second-order valence-electron chi connectivity index (χ2n) is 14.8. The largest absolute Gasteiger partial charge is 3.00 e. The first-order chi connectivity index (χ1) is 22.5. The van der Waals surface area contributed by atoms with Gasteiger partial charge in [-0.1, -0.05) is 132 Å². The molecule has 0 amide bonds. The Morgan fingerprint density at radius 2 is 1.25 bits per heavy atom. The van der Waals surface area contributed by atoms with Crippen LogP contribution in [0, 0.1) is 12.1 Å². The van der Waals surface area contributed by atoms with Gasteiger partial charge in [-0.3, -0.25) is 4.98 Å². The Kier molecular flexibility index (Phi) is 7.95. The molecule has 0 bridgehead atoms. The standard InChI is InChI=1S/C45H37N2.Au/c1-44(2,3)35-19-13-28(14-20-35)32-25-33(29-15-21-36(22-16-29)45(4,5)6)27-34(26-32)39-24-18-31-12-11-30-17-23-38-37-9-7-8-10-40(37)47-43(38)41(30)42(31)46-39;/h7-15,17-26H,1-6H3;/q-3;+3. The van der Waals surface area contributed by atoms with Crippen LogP contribution in [0.2, 0.25) is 0 Å². The molecule has 238 valence electrons. The molecular weight excluding hydrogens is 765 g/mol. The number of aromatic nitrogens is 2. The number of para-hydroxylation sites is 1. The fraction of sp³-hybridized carbons (Fsp3) is 0.178. The van der Waals surface area contributed by atoms with Crippen LogP contribution in [-0.4, -0.2) is 4.98 Å². The summed E-state index contributed by atoms with van der Waals surface area (Å²) in [6.45, 7) is 13.5. The summed E-state index contributed by atoms with van der Waals surface area (Å²) in [6, 6.07) is 48.7. The van der Waals surface area contributed by atoms with Crippen LogP contribution < -0.4 is 4.98 Å². The van der Waals surface area contributed by atoms with Gasteiger partial charge in [0.05, 0.1) is 5.52 Å². The first-order valence-corrected chi connectivity index (χ1v) is 16.4. The summed E-state index contributed by atoms with van der Waals surface area (Å²) in [5.41, 5.74) is 11.9. The Morgan fingerprint density at radius 1 is 0.583 bits per heavy atom. The molecule has 0 saturated heterocycles. The second kappa shape index (κ2) is 11.9. The van der Waals surface area contributed by atoms with Gasteiger partial charge in [0, 0.05) is 5.69 Å². The van der Waals surface area contributed by atoms with Crippen molar-refractivity contribution < 1.29 is 22.4 Å². The average Bonchev–Trinajstić information content (AvgIpc) is 3.46. The van der Waals surface area contributed by atoms with E-state index in [0.29, 0.717) is 0 Å². The van der Waals surface area contributed by atoms with Crippen molar-refractivity contribution in [1.82, 2.24) is 9.97 Å². The summed E-state index contributed by atoms with van der Waals surface area (Å²) < 4.78 is 0. The van der Waals surface area contributed by atoms with Crippen LogP contribution in [0.5, 0.6) is 0 Å². The van der Waals surface area contributed by atoms with Gasteiger partial charge in [-0.25, -0.2) is 5.56 Å². The molecule has 0 aliphatic heterocycles. The molecule has 0 spiro atoms. The van der Waals surface area contributed by atoms with Crippen molar-refractivity contribution in [2.24, 2.45) is 0 Å². The third-order valence-corrected chi connectivity index (χ3v) is 9.44. The Bertz CT molecular complexity index is 2380. The van der Waals surface area contributed by atoms with E-state index in [1.165, 1.54) is 22.1 Å². The molecule has 0 N–H and O–H groups in total. The maximum absolute atomic E-state index is 5.37. The van der Waals surface area contributed by atoms with Crippen molar-refractivity contribution in [2.75, 3.05) is 0 Å². The molecule has 0 aliphatic rings. The van der Waals surface area contributed by atoms with Crippen molar-refractivity contribution in [2.45, 2.75) is 52.4 Å². The molecule has 2 heterocycles. The fourth-order valence-corrected chi connectivity index (χ4v) is 6.62. The molecular formula is C45H37AuN2. The van der Waals surface area contributed by atoms with Gasteiger partial charge in [-0.15, -0.1) is 34.3 Å². The topological polar surface area (TPSA) is 27.0 Å². The van der Waals surface area contributed by atoms with E-state index >= 15 is 0 Å². The molecule has 6 aromatic carbocycles. The maximum Gasteiger partial charge on any atom is 3.00 e. The molecule has 2 nitrogen and oxygen atoms in total. The quantitative estimate of drug-likeness (QED) is 0.101. The molecule has 0 atom stereocenters. The van der Waals surface area contributed by atoms with E-state index in [1.807, 2.05) is 0 Å². The van der Waals surface area contributed by atoms with Crippen molar-refractivity contribution >= 4 is 43.5 Å². The van der Waals surface area contributed by atoms with Crippen LogP contribution >= 0.6 is 0 Å². The number of hydrogen-bond acceptors (Lipinski definition) is 1. The van der Waals surface area contributed by atoms with Crippen molar-refractivity contribution in [3.05, 3.63) is 139 Å². The first kappa shape index (κ1) is 32.1. The van der Waals surface area contributed by atoms with E-state index in [-0.39, 0.29) is 33.2 Å². The summed E-state index contributed by atoms with van der Waals surface area (Å²) in [5, 5.41) is 5.67. The molecule has 0 saturated carbocycles. The van der Waals surface area contributed by atoms with Crippen molar-refractivity contribution in [3.63, 3.8) is 0 Å². The molecule has 0 radical (unpaired) electrons. The average molecular weight is 803 g/mol. The second-order valence-corrected chi connectivity index (χ2v) is 14.8. The van der Waals surface area contributed by atoms with Gasteiger partial charge in [0.25, 0.3) is 0 Å². The molecule has 8 aromatic rings. The summed E-state index contributed by atoms with van der Waals surface area (Å²) in [4.78, 5) is 10.5. The van der Waals surface area contributed by atoms with Gasteiger partial charge in [-0.2, -0.15) is 35.9 Å². The number of hydrogen-bond donors (Lipinski definition) is 0. The Morgan fingerprint density at radius 3 is 1.98 bits per heavy atom. The Balaban J connectivity index is 0.00000364. The van der Waals surface area contributed by atoms with Crippen LogP contribution in [0.15, 0.2) is 115 Å². The molecule has 48 heavy (non-hydrogen) atoms. The third-order valence-electron chi connectivity index (χ3n) is 9.44. The van der Waals surface area contributed by atoms with Crippen molar-refractivity contribution in [3.8, 4) is 33.5 Å². The summed E-state index contributed by atoms with van der Waals surface area (Å²) >= 11 is 0. The number of pyridine rings is 1. The number of rotatable bonds is 3. The molecule has 2 aromatic heterocycles. The SMILES string of the molecule is CC(C)(C)c1c[c-]c(-c2[c-]c(-c3ccc4ccc5ccc6c7ccccc7[n-]c6c5c4n3)cc(-c3ccc(C(C)(C)C)cc3)c2)cc1.[Au+3]. The molecule has 0 unspecified atom stereocenters. The van der Waals surface area contributed by atoms with Gasteiger partial charge >= 0.3 is 22.4 Å². The fourth-order valence-electron chi connectivity index (χ4n) is 6.62. The van der Waals surface area contributed by atoms with Gasteiger partial charge in [-0.05, 0) is 48.9 Å². The van der Waals surface area contributed by atoms with E-state index in [4.69, 9.17) is 9.97 Å². The smallest absolute Gasteiger partial charge is 0.656 e. The van der Waals surface area contributed by atoms with Gasteiger partial charge < -0.3 is 4.98 Å². The van der Waals surface area contributed by atoms with Crippen LogP contribution in [0.3, 0.4) is 0 Å². The van der Waals surface area contributed by atoms with Crippen LogP contribution in [0.4, 0.5) is 0 Å². The number of fused-ring (bicyclic) bond motifs is 7.